The monoisotopic (exact) mass is 524 g/mol. The van der Waals surface area contributed by atoms with Crippen molar-refractivity contribution in [3.63, 3.8) is 0 Å². The lowest BCUT2D eigenvalue weighted by atomic mass is 10.2. The van der Waals surface area contributed by atoms with E-state index in [-0.39, 0.29) is 11.7 Å². The van der Waals surface area contributed by atoms with Crippen LogP contribution in [0.5, 0.6) is 5.75 Å². The van der Waals surface area contributed by atoms with Gasteiger partial charge in [0.1, 0.15) is 11.6 Å². The van der Waals surface area contributed by atoms with E-state index in [0.717, 1.165) is 17.8 Å². The van der Waals surface area contributed by atoms with E-state index in [0.29, 0.717) is 52.1 Å². The topological polar surface area (TPSA) is 69.0 Å². The molecule has 0 radical (unpaired) electrons. The van der Waals surface area contributed by atoms with Crippen LogP contribution < -0.4 is 10.1 Å². The SMILES string of the molecule is C=CCn1c(CCCOc2ccc(Cl)cc2Cl)nnc1SCC(=O)NCc1ccc(Cl)cc1. The molecule has 0 spiro atoms. The van der Waals surface area contributed by atoms with Crippen molar-refractivity contribution in [3.05, 3.63) is 81.6 Å². The van der Waals surface area contributed by atoms with Crippen molar-refractivity contribution in [1.82, 2.24) is 20.1 Å². The third-order valence-corrected chi connectivity index (χ3v) is 6.29. The molecule has 1 aromatic heterocycles. The van der Waals surface area contributed by atoms with Gasteiger partial charge in [-0.05, 0) is 42.3 Å². The summed E-state index contributed by atoms with van der Waals surface area (Å²) in [6.45, 7) is 5.28. The van der Waals surface area contributed by atoms with Crippen molar-refractivity contribution in [2.75, 3.05) is 12.4 Å². The molecule has 0 atom stereocenters. The zero-order valence-electron chi connectivity index (χ0n) is 17.8. The summed E-state index contributed by atoms with van der Waals surface area (Å²) in [4.78, 5) is 12.3. The molecule has 1 heterocycles. The van der Waals surface area contributed by atoms with Gasteiger partial charge >= 0.3 is 0 Å². The number of ether oxygens (including phenoxy) is 1. The number of benzene rings is 2. The summed E-state index contributed by atoms with van der Waals surface area (Å²) in [5.74, 6) is 1.55. The maximum Gasteiger partial charge on any atom is 0.230 e. The molecule has 0 fully saturated rings. The van der Waals surface area contributed by atoms with Crippen LogP contribution in [0.4, 0.5) is 0 Å². The molecular formula is C23H23Cl3N4O2S. The Labute approximate surface area is 212 Å². The number of nitrogens with one attached hydrogen (secondary N) is 1. The number of thioether (sulfide) groups is 1. The number of amides is 1. The van der Waals surface area contributed by atoms with Crippen LogP contribution in [-0.2, 0) is 24.3 Å². The fourth-order valence-corrected chi connectivity index (χ4v) is 4.30. The molecular weight excluding hydrogens is 503 g/mol. The minimum atomic E-state index is -0.0853. The third-order valence-electron chi connectivity index (χ3n) is 4.54. The molecule has 0 aliphatic rings. The molecule has 0 saturated heterocycles. The van der Waals surface area contributed by atoms with Gasteiger partial charge in [0.15, 0.2) is 5.16 Å². The molecule has 3 aromatic rings. The Morgan fingerprint density at radius 2 is 1.88 bits per heavy atom. The molecule has 6 nitrogen and oxygen atoms in total. The van der Waals surface area contributed by atoms with Crippen LogP contribution in [0.15, 0.2) is 60.3 Å². The molecule has 0 unspecified atom stereocenters. The number of carbonyl (C=O) groups excluding carboxylic acids is 1. The number of aromatic nitrogens is 3. The van der Waals surface area contributed by atoms with Crippen LogP contribution in [0.2, 0.25) is 15.1 Å². The molecule has 33 heavy (non-hydrogen) atoms. The van der Waals surface area contributed by atoms with Crippen molar-refractivity contribution in [3.8, 4) is 5.75 Å². The fourth-order valence-electron chi connectivity index (χ4n) is 2.91. The largest absolute Gasteiger partial charge is 0.492 e. The standard InChI is InChI=1S/C23H23Cl3N4O2S/c1-2-11-30-21(4-3-12-32-20-10-9-18(25)13-19(20)26)28-29-23(30)33-15-22(31)27-14-16-5-7-17(24)8-6-16/h2,5-10,13H,1,3-4,11-12,14-15H2,(H,27,31). The molecule has 0 saturated carbocycles. The number of allylic oxidation sites excluding steroid dienone is 1. The van der Waals surface area contributed by atoms with E-state index < -0.39 is 0 Å². The van der Waals surface area contributed by atoms with Crippen molar-refractivity contribution in [2.24, 2.45) is 0 Å². The van der Waals surface area contributed by atoms with Gasteiger partial charge in [0.05, 0.1) is 17.4 Å². The number of aryl methyl sites for hydroxylation is 1. The van der Waals surface area contributed by atoms with Gasteiger partial charge in [0.2, 0.25) is 5.91 Å². The van der Waals surface area contributed by atoms with Gasteiger partial charge < -0.3 is 14.6 Å². The van der Waals surface area contributed by atoms with Crippen molar-refractivity contribution >= 4 is 52.5 Å². The second-order valence-electron chi connectivity index (χ2n) is 7.02. The molecule has 1 N–H and O–H groups in total. The number of halogens is 3. The summed E-state index contributed by atoms with van der Waals surface area (Å²) < 4.78 is 7.69. The molecule has 0 aliphatic carbocycles. The fraction of sp³-hybridized carbons (Fsp3) is 0.261. The number of rotatable bonds is 12. The van der Waals surface area contributed by atoms with Gasteiger partial charge in [0.25, 0.3) is 0 Å². The van der Waals surface area contributed by atoms with E-state index in [1.807, 2.05) is 16.7 Å². The Kier molecular flexibility index (Phi) is 9.94. The van der Waals surface area contributed by atoms with E-state index in [1.165, 1.54) is 11.8 Å². The van der Waals surface area contributed by atoms with Crippen LogP contribution >= 0.6 is 46.6 Å². The van der Waals surface area contributed by atoms with E-state index in [2.05, 4.69) is 22.1 Å². The van der Waals surface area contributed by atoms with Gasteiger partial charge in [-0.3, -0.25) is 4.79 Å². The van der Waals surface area contributed by atoms with Crippen molar-refractivity contribution in [2.45, 2.75) is 31.1 Å². The maximum atomic E-state index is 12.3. The molecule has 10 heteroatoms. The van der Waals surface area contributed by atoms with Gasteiger partial charge in [-0.25, -0.2) is 0 Å². The Bertz CT molecular complexity index is 1090. The normalized spacial score (nSPS) is 10.8. The predicted octanol–water partition coefficient (Wildman–Crippen LogP) is 5.84. The molecule has 0 bridgehead atoms. The lowest BCUT2D eigenvalue weighted by Crippen LogP contribution is -2.24. The van der Waals surface area contributed by atoms with Crippen LogP contribution in [0, 0.1) is 0 Å². The molecule has 174 valence electrons. The van der Waals surface area contributed by atoms with Crippen LogP contribution in [0.3, 0.4) is 0 Å². The van der Waals surface area contributed by atoms with E-state index in [4.69, 9.17) is 39.5 Å². The third kappa shape index (κ3) is 7.96. The zero-order valence-corrected chi connectivity index (χ0v) is 20.9. The highest BCUT2D eigenvalue weighted by molar-refractivity contribution is 7.99. The van der Waals surface area contributed by atoms with Crippen molar-refractivity contribution in [1.29, 1.82) is 0 Å². The van der Waals surface area contributed by atoms with Crippen LogP contribution in [0.1, 0.15) is 17.8 Å². The zero-order chi connectivity index (χ0) is 23.6. The summed E-state index contributed by atoms with van der Waals surface area (Å²) in [6, 6.07) is 12.5. The first-order valence-corrected chi connectivity index (χ1v) is 12.3. The van der Waals surface area contributed by atoms with E-state index in [1.54, 1.807) is 36.4 Å². The predicted molar refractivity (Wildman–Crippen MR) is 135 cm³/mol. The average Bonchev–Trinajstić information content (AvgIpc) is 3.18. The minimum absolute atomic E-state index is 0.0853. The van der Waals surface area contributed by atoms with E-state index in [9.17, 15) is 4.79 Å². The molecule has 3 rings (SSSR count). The Balaban J connectivity index is 1.48. The first-order chi connectivity index (χ1) is 16.0. The summed E-state index contributed by atoms with van der Waals surface area (Å²) >= 11 is 19.3. The van der Waals surface area contributed by atoms with Gasteiger partial charge in [0, 0.05) is 29.6 Å². The number of carbonyl (C=O) groups is 1. The van der Waals surface area contributed by atoms with Gasteiger partial charge in [-0.1, -0.05) is 64.8 Å². The second-order valence-corrected chi connectivity index (χ2v) is 9.24. The lowest BCUT2D eigenvalue weighted by molar-refractivity contribution is -0.118. The average molecular weight is 526 g/mol. The Morgan fingerprint density at radius 1 is 1.12 bits per heavy atom. The summed E-state index contributed by atoms with van der Waals surface area (Å²) in [7, 11) is 0. The molecule has 2 aromatic carbocycles. The number of nitrogens with zero attached hydrogens (tertiary/aromatic N) is 3. The number of hydrogen-bond acceptors (Lipinski definition) is 5. The molecule has 0 aliphatic heterocycles. The van der Waals surface area contributed by atoms with Crippen LogP contribution in [0.25, 0.3) is 0 Å². The number of hydrogen-bond donors (Lipinski definition) is 1. The first-order valence-electron chi connectivity index (χ1n) is 10.2. The first kappa shape index (κ1) is 25.4. The van der Waals surface area contributed by atoms with E-state index >= 15 is 0 Å². The highest BCUT2D eigenvalue weighted by Crippen LogP contribution is 2.27. The second kappa shape index (κ2) is 12.9. The minimum Gasteiger partial charge on any atom is -0.492 e. The Hall–Kier alpha value is -2.19. The quantitative estimate of drug-likeness (QED) is 0.183. The van der Waals surface area contributed by atoms with Crippen molar-refractivity contribution < 1.29 is 9.53 Å². The smallest absolute Gasteiger partial charge is 0.230 e. The van der Waals surface area contributed by atoms with Gasteiger partial charge in [-0.15, -0.1) is 16.8 Å². The summed E-state index contributed by atoms with van der Waals surface area (Å²) in [5.41, 5.74) is 0.983. The summed E-state index contributed by atoms with van der Waals surface area (Å²) in [6.07, 6.45) is 3.16. The highest BCUT2D eigenvalue weighted by atomic mass is 35.5. The summed E-state index contributed by atoms with van der Waals surface area (Å²) in [5, 5.41) is 13.8. The van der Waals surface area contributed by atoms with Gasteiger partial charge in [-0.2, -0.15) is 0 Å². The maximum absolute atomic E-state index is 12.3. The molecule has 1 amide bonds. The highest BCUT2D eigenvalue weighted by Gasteiger charge is 2.14. The Morgan fingerprint density at radius 3 is 2.61 bits per heavy atom. The lowest BCUT2D eigenvalue weighted by Gasteiger charge is -2.10. The van der Waals surface area contributed by atoms with Crippen LogP contribution in [-0.4, -0.2) is 33.0 Å².